The number of para-hydroxylation sites is 1. The molecule has 0 aromatic heterocycles. The van der Waals surface area contributed by atoms with Gasteiger partial charge >= 0.3 is 57.1 Å². The summed E-state index contributed by atoms with van der Waals surface area (Å²) in [5.41, 5.74) is -0.674. The van der Waals surface area contributed by atoms with E-state index in [2.05, 4.69) is 14.8 Å². The second kappa shape index (κ2) is 17.2. The maximum Gasteiger partial charge on any atom is 0.460 e. The highest BCUT2D eigenvalue weighted by Gasteiger charge is 2.96. The zero-order valence-corrected chi connectivity index (χ0v) is 33.5. The van der Waals surface area contributed by atoms with Crippen molar-refractivity contribution in [1.82, 2.24) is 10.2 Å². The Hall–Kier alpha value is -4.79. The summed E-state index contributed by atoms with van der Waals surface area (Å²) in [7, 11) is -7.51. The fourth-order valence-electron chi connectivity index (χ4n) is 6.73. The molecule has 2 unspecified atom stereocenters. The lowest BCUT2D eigenvalue weighted by atomic mass is 9.91. The van der Waals surface area contributed by atoms with Gasteiger partial charge in [-0.1, -0.05) is 51.3 Å². The van der Waals surface area contributed by atoms with E-state index in [9.17, 15) is 97.4 Å². The van der Waals surface area contributed by atoms with E-state index in [4.69, 9.17) is 4.74 Å². The average molecular weight is 976 g/mol. The predicted octanol–water partition coefficient (Wildman–Crippen LogP) is 9.37. The summed E-state index contributed by atoms with van der Waals surface area (Å²) >= 11 is 0. The number of anilines is 1. The monoisotopic (exact) mass is 975 g/mol. The molecule has 1 fully saturated rings. The summed E-state index contributed by atoms with van der Waals surface area (Å²) in [5, 5.41) is -2.73. The van der Waals surface area contributed by atoms with Crippen molar-refractivity contribution in [3.8, 4) is 11.5 Å². The molecule has 2 aromatic carbocycles. The van der Waals surface area contributed by atoms with E-state index in [0.29, 0.717) is 44.9 Å². The Morgan fingerprint density at radius 1 is 0.750 bits per heavy atom. The molecule has 0 saturated heterocycles. The minimum atomic E-state index is -9.05. The van der Waals surface area contributed by atoms with E-state index in [1.807, 2.05) is 0 Å². The maximum absolute atomic E-state index is 15.0. The molecule has 0 radical (unpaired) electrons. The highest BCUT2D eigenvalue weighted by atomic mass is 32.2. The number of carbonyl (C=O) groups is 3. The summed E-state index contributed by atoms with van der Waals surface area (Å²) in [4.78, 5) is 43.1. The van der Waals surface area contributed by atoms with Crippen molar-refractivity contribution in [3.05, 3.63) is 53.6 Å². The number of methoxy groups -OCH3 is 1. The zero-order chi connectivity index (χ0) is 49.0. The number of benzene rings is 2. The van der Waals surface area contributed by atoms with Gasteiger partial charge in [-0.05, 0) is 55.0 Å². The summed E-state index contributed by atoms with van der Waals surface area (Å²) in [6.07, 6.45) is -5.24. The van der Waals surface area contributed by atoms with Gasteiger partial charge in [0.15, 0.2) is 11.5 Å². The molecule has 360 valence electrons. The Balaban J connectivity index is 1.83. The number of halogens is 17. The van der Waals surface area contributed by atoms with E-state index in [0.717, 1.165) is 11.3 Å². The zero-order valence-electron chi connectivity index (χ0n) is 32.7. The summed E-state index contributed by atoms with van der Waals surface area (Å²) in [5.74, 6) is -59.1. The lowest BCUT2D eigenvalue weighted by Gasteiger charge is -2.42. The Kier molecular flexibility index (Phi) is 13.9. The molecule has 2 N–H and O–H groups in total. The van der Waals surface area contributed by atoms with Gasteiger partial charge < -0.3 is 24.5 Å². The molecule has 10 nitrogen and oxygen atoms in total. The van der Waals surface area contributed by atoms with Crippen molar-refractivity contribution in [2.24, 2.45) is 5.92 Å². The van der Waals surface area contributed by atoms with E-state index in [-0.39, 0.29) is 29.7 Å². The molecule has 64 heavy (non-hydrogen) atoms. The Bertz CT molecular complexity index is 2200. The van der Waals surface area contributed by atoms with E-state index in [1.165, 1.54) is 24.3 Å². The molecule has 0 spiro atoms. The Morgan fingerprint density at radius 2 is 1.27 bits per heavy atom. The van der Waals surface area contributed by atoms with Crippen LogP contribution in [0.1, 0.15) is 74.3 Å². The largest absolute Gasteiger partial charge is 0.493 e. The van der Waals surface area contributed by atoms with Crippen LogP contribution >= 0.6 is 0 Å². The first-order chi connectivity index (χ1) is 29.0. The molecule has 1 saturated carbocycles. The third-order valence-electron chi connectivity index (χ3n) is 10.2. The highest BCUT2D eigenvalue weighted by molar-refractivity contribution is 7.88. The molecule has 2 aliphatic rings. The third kappa shape index (κ3) is 8.46. The van der Waals surface area contributed by atoms with E-state index < -0.39 is 110 Å². The topological polar surface area (TPSA) is 131 Å². The van der Waals surface area contributed by atoms with E-state index in [1.54, 1.807) is 13.8 Å². The number of carbonyl (C=O) groups excluding carboxylic acids is 3. The molecule has 2 aromatic rings. The molecule has 0 bridgehead atoms. The second-order valence-electron chi connectivity index (χ2n) is 15.0. The van der Waals surface area contributed by atoms with Gasteiger partial charge in [0.2, 0.25) is 11.8 Å². The number of nitrogens with one attached hydrogen (secondary N) is 2. The minimum absolute atomic E-state index is 0.00974. The van der Waals surface area contributed by atoms with Gasteiger partial charge in [0.25, 0.3) is 5.91 Å². The molecule has 1 aliphatic carbocycles. The Labute approximate surface area is 350 Å². The quantitative estimate of drug-likeness (QED) is 0.127. The number of hydrogen-bond donors (Lipinski definition) is 2. The van der Waals surface area contributed by atoms with Crippen molar-refractivity contribution in [2.75, 3.05) is 12.4 Å². The number of alkyl halides is 17. The first-order valence-corrected chi connectivity index (χ1v) is 19.8. The molecular formula is C36H34F17N3O7S. The molecular weight excluding hydrogens is 941 g/mol. The maximum atomic E-state index is 15.0. The number of hydrogen-bond acceptors (Lipinski definition) is 7. The fourth-order valence-corrected chi connectivity index (χ4v) is 7.65. The SMILES string of the molecule is COc1cc(C(C(=O)NC2CCCCC2)N2C(=O)c3ccccc3NC(=O)C2CC(C)C)ccc1OS(=O)(=O)C(F)(F)C(F)(F)C(F)(F)C(F)(F)C(F)(F)C(F)(F)C(F)(F)C(F)(F)F. The minimum Gasteiger partial charge on any atom is -0.493 e. The van der Waals surface area contributed by atoms with Crippen LogP contribution in [0.15, 0.2) is 42.5 Å². The molecule has 2 atom stereocenters. The number of rotatable bonds is 16. The smallest absolute Gasteiger partial charge is 0.460 e. The van der Waals surface area contributed by atoms with Crippen LogP contribution in [-0.4, -0.2) is 97.2 Å². The van der Waals surface area contributed by atoms with Crippen molar-refractivity contribution in [1.29, 1.82) is 0 Å². The van der Waals surface area contributed by atoms with Gasteiger partial charge in [-0.2, -0.15) is 83.1 Å². The van der Waals surface area contributed by atoms with Gasteiger partial charge in [0, 0.05) is 6.04 Å². The lowest BCUT2D eigenvalue weighted by molar-refractivity contribution is -0.458. The number of amides is 3. The molecule has 1 heterocycles. The van der Waals surface area contributed by atoms with Crippen molar-refractivity contribution < 1.29 is 106 Å². The molecule has 4 rings (SSSR count). The average Bonchev–Trinajstić information content (AvgIpc) is 3.27. The molecule has 3 amide bonds. The van der Waals surface area contributed by atoms with Crippen LogP contribution in [0, 0.1) is 5.92 Å². The summed E-state index contributed by atoms with van der Waals surface area (Å²) in [6, 6.07) is 2.70. The first kappa shape index (κ1) is 51.8. The van der Waals surface area contributed by atoms with Crippen LogP contribution in [0.25, 0.3) is 0 Å². The number of nitrogens with zero attached hydrogens (tertiary/aromatic N) is 1. The summed E-state index contributed by atoms with van der Waals surface area (Å²) in [6.45, 7) is 3.26. The van der Waals surface area contributed by atoms with E-state index >= 15 is 0 Å². The molecule has 1 aliphatic heterocycles. The van der Waals surface area contributed by atoms with Gasteiger partial charge in [-0.25, -0.2) is 0 Å². The van der Waals surface area contributed by atoms with Crippen LogP contribution in [0.3, 0.4) is 0 Å². The normalized spacial score (nSPS) is 18.6. The lowest BCUT2D eigenvalue weighted by Crippen LogP contribution is -2.75. The van der Waals surface area contributed by atoms with Gasteiger partial charge in [0.1, 0.15) is 12.1 Å². The van der Waals surface area contributed by atoms with Crippen molar-refractivity contribution in [3.63, 3.8) is 0 Å². The predicted molar refractivity (Wildman–Crippen MR) is 185 cm³/mol. The fraction of sp³-hybridized carbons (Fsp3) is 0.583. The van der Waals surface area contributed by atoms with Gasteiger partial charge in [-0.15, -0.1) is 0 Å². The van der Waals surface area contributed by atoms with Crippen LogP contribution < -0.4 is 19.6 Å². The number of fused-ring (bicyclic) bond motifs is 1. The third-order valence-corrected chi connectivity index (χ3v) is 11.5. The van der Waals surface area contributed by atoms with Crippen molar-refractivity contribution in [2.45, 2.75) is 117 Å². The van der Waals surface area contributed by atoms with Gasteiger partial charge in [0.05, 0.1) is 18.4 Å². The van der Waals surface area contributed by atoms with Crippen LogP contribution in [-0.2, 0) is 19.7 Å². The van der Waals surface area contributed by atoms with Crippen LogP contribution in [0.5, 0.6) is 11.5 Å². The number of ether oxygens (including phenoxy) is 1. The van der Waals surface area contributed by atoms with Crippen LogP contribution in [0.2, 0.25) is 0 Å². The standard InChI is InChI=1S/C36H34F17N3O7S/c1-17(2)15-22-26(57)55-21-12-8-7-11-20(21)28(59)56(22)25(27(58)54-19-9-5-4-6-10-19)18-13-14-23(24(16-18)62-3)63-64(60,61)36(52,53)34(47,48)32(43,44)30(39,40)29(37,38)31(41,42)33(45,46)35(49,50)51/h7-8,11-14,16-17,19,22,25H,4-6,9-10,15H2,1-3H3,(H,54,58)(H,55,57). The first-order valence-electron chi connectivity index (χ1n) is 18.3. The Morgan fingerprint density at radius 3 is 1.78 bits per heavy atom. The highest BCUT2D eigenvalue weighted by Crippen LogP contribution is 2.64. The second-order valence-corrected chi connectivity index (χ2v) is 16.6. The summed E-state index contributed by atoms with van der Waals surface area (Å²) < 4.78 is 270. The molecule has 28 heteroatoms. The van der Waals surface area contributed by atoms with Gasteiger partial charge in [-0.3, -0.25) is 14.4 Å². The van der Waals surface area contributed by atoms with Crippen LogP contribution in [0.4, 0.5) is 80.3 Å². The van der Waals surface area contributed by atoms with Crippen molar-refractivity contribution >= 4 is 33.5 Å².